The van der Waals surface area contributed by atoms with Crippen molar-refractivity contribution in [2.45, 2.75) is 51.5 Å². The minimum atomic E-state index is 0.330. The molecule has 0 saturated heterocycles. The smallest absolute Gasteiger partial charge is 0.0640 e. The van der Waals surface area contributed by atoms with Crippen LogP contribution in [0.3, 0.4) is 0 Å². The second-order valence-corrected chi connectivity index (χ2v) is 6.27. The summed E-state index contributed by atoms with van der Waals surface area (Å²) in [5.74, 6) is 0.916. The summed E-state index contributed by atoms with van der Waals surface area (Å²) in [6.07, 6.45) is 8.08. The van der Waals surface area contributed by atoms with E-state index in [1.807, 2.05) is 12.1 Å². The number of benzene rings is 1. The van der Waals surface area contributed by atoms with Gasteiger partial charge in [0.1, 0.15) is 0 Å². The molecule has 1 atom stereocenters. The predicted molar refractivity (Wildman–Crippen MR) is 84.1 cm³/mol. The summed E-state index contributed by atoms with van der Waals surface area (Å²) < 4.78 is 0. The summed E-state index contributed by atoms with van der Waals surface area (Å²) in [5.41, 5.74) is 1.15. The average molecular weight is 300 g/mol. The molecule has 19 heavy (non-hydrogen) atoms. The molecule has 1 aliphatic carbocycles. The molecule has 1 saturated carbocycles. The van der Waals surface area contributed by atoms with Gasteiger partial charge in [0.25, 0.3) is 0 Å². The van der Waals surface area contributed by atoms with Crippen LogP contribution in [0.4, 0.5) is 0 Å². The lowest BCUT2D eigenvalue weighted by molar-refractivity contribution is 0.417. The van der Waals surface area contributed by atoms with Crippen LogP contribution in [0, 0.1) is 5.92 Å². The SMILES string of the molecule is CCNC(CCC1CCCC1)c1cccc(Cl)c1Cl. The van der Waals surface area contributed by atoms with Crippen molar-refractivity contribution in [3.05, 3.63) is 33.8 Å². The van der Waals surface area contributed by atoms with Crippen LogP contribution in [0.25, 0.3) is 0 Å². The zero-order valence-corrected chi connectivity index (χ0v) is 13.1. The normalized spacial score (nSPS) is 17.8. The number of nitrogens with one attached hydrogen (secondary N) is 1. The van der Waals surface area contributed by atoms with E-state index in [1.165, 1.54) is 32.1 Å². The average Bonchev–Trinajstić information content (AvgIpc) is 2.91. The molecule has 0 amide bonds. The second kappa shape index (κ2) is 7.52. The molecule has 1 N–H and O–H groups in total. The van der Waals surface area contributed by atoms with Gasteiger partial charge in [-0.25, -0.2) is 0 Å². The summed E-state index contributed by atoms with van der Waals surface area (Å²) >= 11 is 12.5. The van der Waals surface area contributed by atoms with Gasteiger partial charge in [-0.05, 0) is 36.9 Å². The lowest BCUT2D eigenvalue weighted by Crippen LogP contribution is -2.22. The molecule has 2 rings (SSSR count). The standard InChI is InChI=1S/C16H23Cl2N/c1-2-19-15(11-10-12-6-3-4-7-12)13-8-5-9-14(17)16(13)18/h5,8-9,12,15,19H,2-4,6-7,10-11H2,1H3. The molecule has 1 fully saturated rings. The Morgan fingerprint density at radius 2 is 2.00 bits per heavy atom. The number of rotatable bonds is 6. The maximum Gasteiger partial charge on any atom is 0.0640 e. The number of halogens is 2. The zero-order valence-electron chi connectivity index (χ0n) is 11.6. The highest BCUT2D eigenvalue weighted by molar-refractivity contribution is 6.42. The number of hydrogen-bond acceptors (Lipinski definition) is 1. The van der Waals surface area contributed by atoms with Crippen molar-refractivity contribution in [3.63, 3.8) is 0 Å². The highest BCUT2D eigenvalue weighted by Gasteiger charge is 2.20. The fourth-order valence-electron chi connectivity index (χ4n) is 3.10. The minimum absolute atomic E-state index is 0.330. The van der Waals surface area contributed by atoms with Gasteiger partial charge < -0.3 is 5.32 Å². The van der Waals surface area contributed by atoms with Gasteiger partial charge in [-0.2, -0.15) is 0 Å². The topological polar surface area (TPSA) is 12.0 Å². The monoisotopic (exact) mass is 299 g/mol. The van der Waals surface area contributed by atoms with E-state index < -0.39 is 0 Å². The van der Waals surface area contributed by atoms with Crippen molar-refractivity contribution in [1.82, 2.24) is 5.32 Å². The molecular formula is C16H23Cl2N. The Balaban J connectivity index is 2.03. The van der Waals surface area contributed by atoms with Gasteiger partial charge in [-0.1, -0.05) is 67.9 Å². The quantitative estimate of drug-likeness (QED) is 0.719. The van der Waals surface area contributed by atoms with Crippen molar-refractivity contribution in [2.75, 3.05) is 6.54 Å². The first kappa shape index (κ1) is 15.2. The highest BCUT2D eigenvalue weighted by atomic mass is 35.5. The first-order valence-electron chi connectivity index (χ1n) is 7.39. The van der Waals surface area contributed by atoms with E-state index in [1.54, 1.807) is 0 Å². The van der Waals surface area contributed by atoms with Crippen molar-refractivity contribution in [1.29, 1.82) is 0 Å². The summed E-state index contributed by atoms with van der Waals surface area (Å²) in [7, 11) is 0. The van der Waals surface area contributed by atoms with Gasteiger partial charge >= 0.3 is 0 Å². The van der Waals surface area contributed by atoms with Gasteiger partial charge in [-0.3, -0.25) is 0 Å². The van der Waals surface area contributed by atoms with Gasteiger partial charge in [0.05, 0.1) is 10.0 Å². The largest absolute Gasteiger partial charge is 0.310 e. The maximum atomic E-state index is 6.35. The Bertz CT molecular complexity index is 400. The second-order valence-electron chi connectivity index (χ2n) is 5.48. The fraction of sp³-hybridized carbons (Fsp3) is 0.625. The Hall–Kier alpha value is -0.240. The maximum absolute atomic E-state index is 6.35. The third kappa shape index (κ3) is 4.11. The summed E-state index contributed by atoms with van der Waals surface area (Å²) in [6.45, 7) is 3.10. The summed E-state index contributed by atoms with van der Waals surface area (Å²) in [4.78, 5) is 0. The van der Waals surface area contributed by atoms with E-state index in [0.717, 1.165) is 24.4 Å². The van der Waals surface area contributed by atoms with Crippen LogP contribution < -0.4 is 5.32 Å². The van der Waals surface area contributed by atoms with Gasteiger partial charge in [0.15, 0.2) is 0 Å². The first-order valence-corrected chi connectivity index (χ1v) is 8.15. The molecule has 0 spiro atoms. The molecule has 0 aliphatic heterocycles. The van der Waals surface area contributed by atoms with E-state index in [2.05, 4.69) is 18.3 Å². The van der Waals surface area contributed by atoms with Crippen LogP contribution >= 0.6 is 23.2 Å². The van der Waals surface area contributed by atoms with E-state index >= 15 is 0 Å². The van der Waals surface area contributed by atoms with Gasteiger partial charge in [0.2, 0.25) is 0 Å². The molecule has 3 heteroatoms. The summed E-state index contributed by atoms with van der Waals surface area (Å²) in [6, 6.07) is 6.27. The molecule has 0 radical (unpaired) electrons. The van der Waals surface area contributed by atoms with Crippen molar-refractivity contribution >= 4 is 23.2 Å². The molecule has 0 bridgehead atoms. The van der Waals surface area contributed by atoms with Crippen molar-refractivity contribution in [2.24, 2.45) is 5.92 Å². The van der Waals surface area contributed by atoms with Crippen LogP contribution in [0.15, 0.2) is 18.2 Å². The molecule has 1 aromatic rings. The van der Waals surface area contributed by atoms with E-state index in [0.29, 0.717) is 16.1 Å². The Morgan fingerprint density at radius 1 is 1.26 bits per heavy atom. The van der Waals surface area contributed by atoms with E-state index in [9.17, 15) is 0 Å². The molecule has 0 aromatic heterocycles. The molecule has 1 unspecified atom stereocenters. The Kier molecular flexibility index (Phi) is 6.00. The molecular weight excluding hydrogens is 277 g/mol. The molecule has 1 aromatic carbocycles. The van der Waals surface area contributed by atoms with Crippen molar-refractivity contribution < 1.29 is 0 Å². The van der Waals surface area contributed by atoms with Crippen LogP contribution in [0.1, 0.15) is 57.1 Å². The Morgan fingerprint density at radius 3 is 2.68 bits per heavy atom. The lowest BCUT2D eigenvalue weighted by Gasteiger charge is -2.21. The summed E-state index contributed by atoms with van der Waals surface area (Å²) in [5, 5.41) is 4.91. The van der Waals surface area contributed by atoms with Crippen LogP contribution in [-0.4, -0.2) is 6.54 Å². The highest BCUT2D eigenvalue weighted by Crippen LogP contribution is 2.35. The van der Waals surface area contributed by atoms with Gasteiger partial charge in [-0.15, -0.1) is 0 Å². The number of hydrogen-bond donors (Lipinski definition) is 1. The lowest BCUT2D eigenvalue weighted by atomic mass is 9.94. The zero-order chi connectivity index (χ0) is 13.7. The Labute approximate surface area is 126 Å². The molecule has 1 aliphatic rings. The first-order chi connectivity index (χ1) is 9.22. The van der Waals surface area contributed by atoms with E-state index in [-0.39, 0.29) is 0 Å². The van der Waals surface area contributed by atoms with E-state index in [4.69, 9.17) is 23.2 Å². The van der Waals surface area contributed by atoms with Crippen LogP contribution in [0.5, 0.6) is 0 Å². The molecule has 0 heterocycles. The predicted octanol–water partition coefficient (Wildman–Crippen LogP) is 5.61. The van der Waals surface area contributed by atoms with Gasteiger partial charge in [0, 0.05) is 6.04 Å². The fourth-order valence-corrected chi connectivity index (χ4v) is 3.54. The third-order valence-corrected chi connectivity index (χ3v) is 4.98. The molecule has 106 valence electrons. The minimum Gasteiger partial charge on any atom is -0.310 e. The third-order valence-electron chi connectivity index (χ3n) is 4.15. The molecule has 1 nitrogen and oxygen atoms in total. The van der Waals surface area contributed by atoms with Crippen molar-refractivity contribution in [3.8, 4) is 0 Å². The van der Waals surface area contributed by atoms with Crippen LogP contribution in [-0.2, 0) is 0 Å². The van der Waals surface area contributed by atoms with Crippen LogP contribution in [0.2, 0.25) is 10.0 Å².